The zero-order valence-electron chi connectivity index (χ0n) is 15.9. The van der Waals surface area contributed by atoms with Crippen molar-refractivity contribution in [3.63, 3.8) is 0 Å². The fraction of sp³-hybridized carbons (Fsp3) is 0.412. The largest absolute Gasteiger partial charge is 0.461 e. The molecule has 0 fully saturated rings. The summed E-state index contributed by atoms with van der Waals surface area (Å²) >= 11 is 5.30. The van der Waals surface area contributed by atoms with E-state index in [0.717, 1.165) is 0 Å². The number of anilines is 1. The molecule has 0 saturated heterocycles. The highest BCUT2D eigenvalue weighted by Crippen LogP contribution is 2.23. The van der Waals surface area contributed by atoms with Crippen LogP contribution in [-0.4, -0.2) is 51.3 Å². The van der Waals surface area contributed by atoms with Crippen molar-refractivity contribution in [3.05, 3.63) is 36.2 Å². The number of ether oxygens (including phenoxy) is 2. The molecule has 0 bridgehead atoms. The summed E-state index contributed by atoms with van der Waals surface area (Å²) in [5, 5.41) is 2.31. The van der Waals surface area contributed by atoms with Gasteiger partial charge in [-0.2, -0.15) is 0 Å². The standard InChI is InChI=1S/C17H21F2N5O4S/c1-3-27-15(25)14-12(5-6-21-14)24(16(29)22-17(26)28-4-2)8-11-7-20-10-23(11)9-13(18)19/h5-7,10,13,21H,3-4,8-9H2,1-2H3,(H,22,26,29). The van der Waals surface area contributed by atoms with E-state index in [1.807, 2.05) is 0 Å². The number of thiocarbonyl (C=S) groups is 1. The maximum Gasteiger partial charge on any atom is 0.413 e. The number of carbonyl (C=O) groups excluding carboxylic acids is 2. The average molecular weight is 429 g/mol. The minimum atomic E-state index is -2.58. The monoisotopic (exact) mass is 429 g/mol. The van der Waals surface area contributed by atoms with Gasteiger partial charge in [0.25, 0.3) is 6.43 Å². The molecular formula is C17H21F2N5O4S. The fourth-order valence-electron chi connectivity index (χ4n) is 2.50. The molecule has 2 rings (SSSR count). The van der Waals surface area contributed by atoms with Crippen LogP contribution < -0.4 is 10.2 Å². The van der Waals surface area contributed by atoms with Gasteiger partial charge in [-0.1, -0.05) is 0 Å². The van der Waals surface area contributed by atoms with Crippen molar-refractivity contribution in [1.82, 2.24) is 19.9 Å². The lowest BCUT2D eigenvalue weighted by atomic mass is 10.3. The van der Waals surface area contributed by atoms with Crippen LogP contribution in [0.3, 0.4) is 0 Å². The summed E-state index contributed by atoms with van der Waals surface area (Å²) in [5.74, 6) is -0.627. The number of esters is 1. The van der Waals surface area contributed by atoms with Gasteiger partial charge < -0.3 is 23.9 Å². The number of H-pyrrole nitrogens is 1. The number of rotatable bonds is 8. The molecule has 0 aliphatic rings. The van der Waals surface area contributed by atoms with E-state index in [0.29, 0.717) is 11.4 Å². The van der Waals surface area contributed by atoms with Crippen LogP contribution in [0, 0.1) is 0 Å². The Labute approximate surface area is 171 Å². The maximum absolute atomic E-state index is 12.8. The Morgan fingerprint density at radius 3 is 2.72 bits per heavy atom. The predicted molar refractivity (Wildman–Crippen MR) is 104 cm³/mol. The number of imidazole rings is 1. The van der Waals surface area contributed by atoms with E-state index in [4.69, 9.17) is 21.7 Å². The van der Waals surface area contributed by atoms with Gasteiger partial charge in [0.1, 0.15) is 5.69 Å². The van der Waals surface area contributed by atoms with Crippen LogP contribution in [0.15, 0.2) is 24.8 Å². The minimum Gasteiger partial charge on any atom is -0.461 e. The highest BCUT2D eigenvalue weighted by Gasteiger charge is 2.24. The summed E-state index contributed by atoms with van der Waals surface area (Å²) in [6, 6.07) is 1.55. The number of carbonyl (C=O) groups is 2. The van der Waals surface area contributed by atoms with Crippen LogP contribution in [-0.2, 0) is 22.6 Å². The second-order valence-electron chi connectivity index (χ2n) is 5.62. The molecule has 0 spiro atoms. The quantitative estimate of drug-likeness (QED) is 0.491. The molecule has 0 aliphatic heterocycles. The number of aromatic nitrogens is 3. The lowest BCUT2D eigenvalue weighted by Crippen LogP contribution is -2.43. The lowest BCUT2D eigenvalue weighted by molar-refractivity contribution is 0.0521. The zero-order valence-corrected chi connectivity index (χ0v) is 16.7. The molecule has 12 heteroatoms. The van der Waals surface area contributed by atoms with E-state index in [1.54, 1.807) is 19.9 Å². The molecule has 0 unspecified atom stereocenters. The van der Waals surface area contributed by atoms with Crippen LogP contribution in [0.25, 0.3) is 0 Å². The normalized spacial score (nSPS) is 10.7. The average Bonchev–Trinajstić information content (AvgIpc) is 3.28. The van der Waals surface area contributed by atoms with E-state index < -0.39 is 25.0 Å². The smallest absolute Gasteiger partial charge is 0.413 e. The third-order valence-corrected chi connectivity index (χ3v) is 4.00. The van der Waals surface area contributed by atoms with Crippen molar-refractivity contribution < 1.29 is 27.8 Å². The Morgan fingerprint density at radius 1 is 1.34 bits per heavy atom. The lowest BCUT2D eigenvalue weighted by Gasteiger charge is -2.25. The van der Waals surface area contributed by atoms with Gasteiger partial charge in [0, 0.05) is 12.4 Å². The van der Waals surface area contributed by atoms with Crippen molar-refractivity contribution in [1.29, 1.82) is 0 Å². The number of hydrogen-bond acceptors (Lipinski definition) is 6. The molecule has 9 nitrogen and oxygen atoms in total. The Bertz CT molecular complexity index is 855. The SMILES string of the molecule is CCOC(=O)NC(=S)N(Cc1cncn1CC(F)F)c1cc[nH]c1C(=O)OCC. The fourth-order valence-corrected chi connectivity index (χ4v) is 2.74. The van der Waals surface area contributed by atoms with Gasteiger partial charge in [-0.25, -0.2) is 23.4 Å². The highest BCUT2D eigenvalue weighted by molar-refractivity contribution is 7.80. The van der Waals surface area contributed by atoms with Crippen LogP contribution in [0.1, 0.15) is 30.0 Å². The third-order valence-electron chi connectivity index (χ3n) is 3.68. The Morgan fingerprint density at radius 2 is 2.07 bits per heavy atom. The Kier molecular flexibility index (Phi) is 8.07. The molecule has 2 heterocycles. The number of halogens is 2. The van der Waals surface area contributed by atoms with Crippen LogP contribution in [0.5, 0.6) is 0 Å². The number of alkyl halides is 2. The minimum absolute atomic E-state index is 0.0395. The predicted octanol–water partition coefficient (Wildman–Crippen LogP) is 2.69. The molecule has 2 aromatic heterocycles. The molecule has 29 heavy (non-hydrogen) atoms. The van der Waals surface area contributed by atoms with E-state index in [9.17, 15) is 18.4 Å². The van der Waals surface area contributed by atoms with Gasteiger partial charge >= 0.3 is 12.1 Å². The topological polar surface area (TPSA) is 101 Å². The molecule has 1 amide bonds. The summed E-state index contributed by atoms with van der Waals surface area (Å²) < 4.78 is 36.8. The molecule has 0 saturated carbocycles. The van der Waals surface area contributed by atoms with E-state index in [-0.39, 0.29) is 30.6 Å². The molecule has 0 aromatic carbocycles. The van der Waals surface area contributed by atoms with Gasteiger partial charge in [-0.05, 0) is 32.1 Å². The zero-order chi connectivity index (χ0) is 21.4. The summed E-state index contributed by atoms with van der Waals surface area (Å²) in [5.41, 5.74) is 0.796. The van der Waals surface area contributed by atoms with Crippen molar-refractivity contribution in [2.45, 2.75) is 33.4 Å². The van der Waals surface area contributed by atoms with Crippen LogP contribution >= 0.6 is 12.2 Å². The van der Waals surface area contributed by atoms with Gasteiger partial charge in [0.15, 0.2) is 5.11 Å². The number of nitrogens with one attached hydrogen (secondary N) is 2. The third kappa shape index (κ3) is 5.98. The number of hydrogen-bond donors (Lipinski definition) is 2. The summed E-state index contributed by atoms with van der Waals surface area (Å²) in [6.45, 7) is 2.99. The summed E-state index contributed by atoms with van der Waals surface area (Å²) in [6.07, 6.45) is 0.808. The molecule has 2 N–H and O–H groups in total. The van der Waals surface area contributed by atoms with E-state index >= 15 is 0 Å². The van der Waals surface area contributed by atoms with Crippen molar-refractivity contribution >= 4 is 35.1 Å². The second kappa shape index (κ2) is 10.5. The van der Waals surface area contributed by atoms with Crippen LogP contribution in [0.2, 0.25) is 0 Å². The molecule has 0 atom stereocenters. The van der Waals surface area contributed by atoms with Gasteiger partial charge in [0.2, 0.25) is 0 Å². The van der Waals surface area contributed by atoms with Crippen molar-refractivity contribution in [2.24, 2.45) is 0 Å². The second-order valence-corrected chi connectivity index (χ2v) is 6.01. The first kappa shape index (κ1) is 22.3. The molecule has 0 radical (unpaired) electrons. The Balaban J connectivity index is 2.36. The molecule has 0 aliphatic carbocycles. The summed E-state index contributed by atoms with van der Waals surface area (Å²) in [4.78, 5) is 32.1. The highest BCUT2D eigenvalue weighted by atomic mass is 32.1. The first-order chi connectivity index (χ1) is 13.9. The number of nitrogens with zero attached hydrogens (tertiary/aromatic N) is 3. The first-order valence-corrected chi connectivity index (χ1v) is 9.15. The number of aromatic amines is 1. The first-order valence-electron chi connectivity index (χ1n) is 8.74. The summed E-state index contributed by atoms with van der Waals surface area (Å²) in [7, 11) is 0. The van der Waals surface area contributed by atoms with Crippen LogP contribution in [0.4, 0.5) is 19.3 Å². The van der Waals surface area contributed by atoms with Crippen molar-refractivity contribution in [3.8, 4) is 0 Å². The molecule has 2 aromatic rings. The number of alkyl carbamates (subject to hydrolysis) is 1. The van der Waals surface area contributed by atoms with Gasteiger partial charge in [-0.3, -0.25) is 5.32 Å². The van der Waals surface area contributed by atoms with Gasteiger partial charge in [0.05, 0.1) is 44.0 Å². The van der Waals surface area contributed by atoms with E-state index in [1.165, 1.54) is 28.2 Å². The Hall–Kier alpha value is -3.02. The molecule has 158 valence electrons. The van der Waals surface area contributed by atoms with Gasteiger partial charge in [-0.15, -0.1) is 0 Å². The maximum atomic E-state index is 12.8. The van der Waals surface area contributed by atoms with E-state index in [2.05, 4.69) is 15.3 Å². The van der Waals surface area contributed by atoms with Crippen molar-refractivity contribution in [2.75, 3.05) is 18.1 Å². The number of amides is 1. The molecular weight excluding hydrogens is 408 g/mol.